The van der Waals surface area contributed by atoms with Gasteiger partial charge in [0, 0.05) is 24.7 Å². The van der Waals surface area contributed by atoms with Crippen LogP contribution in [0, 0.1) is 0 Å². The number of aromatic nitrogens is 2. The van der Waals surface area contributed by atoms with Crippen LogP contribution in [0.2, 0.25) is 0 Å². The maximum absolute atomic E-state index is 12.8. The van der Waals surface area contributed by atoms with Gasteiger partial charge in [-0.05, 0) is 51.8 Å². The molecule has 0 aliphatic heterocycles. The number of fused-ring (bicyclic) bond motifs is 1. The van der Waals surface area contributed by atoms with Gasteiger partial charge in [-0.3, -0.25) is 9.36 Å². The number of aromatic amines is 1. The van der Waals surface area contributed by atoms with Crippen LogP contribution >= 0.6 is 0 Å². The minimum absolute atomic E-state index is 0.102. The summed E-state index contributed by atoms with van der Waals surface area (Å²) in [5.41, 5.74) is 1.03. The Morgan fingerprint density at radius 1 is 1.36 bits per heavy atom. The molecular formula is C19H27N3O3. The van der Waals surface area contributed by atoms with Gasteiger partial charge in [-0.25, -0.2) is 4.79 Å². The summed E-state index contributed by atoms with van der Waals surface area (Å²) in [6.45, 7) is 6.04. The number of hydrogen-bond donors (Lipinski definition) is 2. The average molecular weight is 345 g/mol. The number of nitrogens with zero attached hydrogens (tertiary/aromatic N) is 2. The van der Waals surface area contributed by atoms with Crippen molar-refractivity contribution < 1.29 is 9.90 Å². The van der Waals surface area contributed by atoms with Crippen molar-refractivity contribution in [1.29, 1.82) is 0 Å². The predicted molar refractivity (Wildman–Crippen MR) is 97.9 cm³/mol. The van der Waals surface area contributed by atoms with Crippen molar-refractivity contribution in [3.8, 4) is 0 Å². The Balaban J connectivity index is 1.93. The number of amides is 1. The van der Waals surface area contributed by atoms with Crippen molar-refractivity contribution in [2.75, 3.05) is 13.1 Å². The molecule has 1 aromatic carbocycles. The fourth-order valence-corrected chi connectivity index (χ4v) is 3.77. The molecule has 1 aromatic heterocycles. The second-order valence-corrected chi connectivity index (χ2v) is 7.60. The van der Waals surface area contributed by atoms with E-state index >= 15 is 0 Å². The van der Waals surface area contributed by atoms with Crippen molar-refractivity contribution >= 4 is 16.9 Å². The molecule has 0 spiro atoms. The highest BCUT2D eigenvalue weighted by atomic mass is 16.3. The summed E-state index contributed by atoms with van der Waals surface area (Å²) in [7, 11) is 0. The third kappa shape index (κ3) is 3.63. The lowest BCUT2D eigenvalue weighted by Gasteiger charge is -2.28. The standard InChI is InChI=1S/C19H27N3O3/c1-4-21(12-19(2,3)25)17(23)13-9-10-16-15(11-13)20-18(24)22(16)14-7-5-6-8-14/h9-11,14,25H,4-8,12H2,1-3H3,(H,20,24). The van der Waals surface area contributed by atoms with E-state index in [0.717, 1.165) is 31.2 Å². The molecule has 1 aliphatic rings. The van der Waals surface area contributed by atoms with E-state index in [-0.39, 0.29) is 24.2 Å². The molecule has 136 valence electrons. The summed E-state index contributed by atoms with van der Waals surface area (Å²) in [4.78, 5) is 29.6. The molecule has 1 aliphatic carbocycles. The van der Waals surface area contributed by atoms with Crippen LogP contribution in [0.25, 0.3) is 11.0 Å². The number of H-pyrrole nitrogens is 1. The average Bonchev–Trinajstić information content (AvgIpc) is 3.16. The van der Waals surface area contributed by atoms with Crippen molar-refractivity contribution in [2.24, 2.45) is 0 Å². The summed E-state index contributed by atoms with van der Waals surface area (Å²) in [5, 5.41) is 10.0. The fourth-order valence-electron chi connectivity index (χ4n) is 3.77. The zero-order valence-electron chi connectivity index (χ0n) is 15.2. The number of carbonyl (C=O) groups is 1. The van der Waals surface area contributed by atoms with Gasteiger partial charge in [0.1, 0.15) is 0 Å². The third-order valence-electron chi connectivity index (χ3n) is 4.90. The number of hydrogen-bond acceptors (Lipinski definition) is 3. The number of imidazole rings is 1. The van der Waals surface area contributed by atoms with E-state index in [9.17, 15) is 14.7 Å². The molecule has 6 nitrogen and oxygen atoms in total. The van der Waals surface area contributed by atoms with Crippen LogP contribution in [-0.4, -0.2) is 44.2 Å². The predicted octanol–water partition coefficient (Wildman–Crippen LogP) is 2.68. The van der Waals surface area contributed by atoms with Gasteiger partial charge in [0.25, 0.3) is 5.91 Å². The Kier molecular flexibility index (Phi) is 4.73. The van der Waals surface area contributed by atoms with Crippen molar-refractivity contribution in [2.45, 2.75) is 58.1 Å². The van der Waals surface area contributed by atoms with E-state index in [2.05, 4.69) is 4.98 Å². The lowest BCUT2D eigenvalue weighted by atomic mass is 10.1. The molecule has 6 heteroatoms. The van der Waals surface area contributed by atoms with E-state index in [0.29, 0.717) is 17.6 Å². The van der Waals surface area contributed by atoms with Crippen LogP contribution in [0.5, 0.6) is 0 Å². The summed E-state index contributed by atoms with van der Waals surface area (Å²) in [5.74, 6) is -0.138. The number of aliphatic hydroxyl groups is 1. The van der Waals surface area contributed by atoms with Gasteiger partial charge in [0.2, 0.25) is 0 Å². The van der Waals surface area contributed by atoms with E-state index in [1.54, 1.807) is 30.9 Å². The van der Waals surface area contributed by atoms with E-state index in [4.69, 9.17) is 0 Å². The zero-order chi connectivity index (χ0) is 18.2. The molecule has 0 bridgehead atoms. The molecule has 2 aromatic rings. The van der Waals surface area contributed by atoms with E-state index in [1.807, 2.05) is 17.6 Å². The Bertz CT molecular complexity index is 823. The number of likely N-dealkylation sites (N-methyl/N-ethyl adjacent to an activating group) is 1. The summed E-state index contributed by atoms with van der Waals surface area (Å²) in [6, 6.07) is 5.63. The van der Waals surface area contributed by atoms with Crippen LogP contribution in [0.4, 0.5) is 0 Å². The Labute approximate surface area is 147 Å². The van der Waals surface area contributed by atoms with Crippen LogP contribution in [0.3, 0.4) is 0 Å². The molecule has 0 unspecified atom stereocenters. The number of carbonyl (C=O) groups excluding carboxylic acids is 1. The quantitative estimate of drug-likeness (QED) is 0.874. The lowest BCUT2D eigenvalue weighted by Crippen LogP contribution is -2.42. The van der Waals surface area contributed by atoms with Crippen LogP contribution in [0.1, 0.15) is 62.9 Å². The van der Waals surface area contributed by atoms with Crippen LogP contribution < -0.4 is 5.69 Å². The third-order valence-corrected chi connectivity index (χ3v) is 4.90. The first-order chi connectivity index (χ1) is 11.8. The number of rotatable bonds is 5. The summed E-state index contributed by atoms with van der Waals surface area (Å²) < 4.78 is 1.84. The van der Waals surface area contributed by atoms with Crippen molar-refractivity contribution in [1.82, 2.24) is 14.5 Å². The molecule has 0 radical (unpaired) electrons. The van der Waals surface area contributed by atoms with E-state index in [1.165, 1.54) is 0 Å². The van der Waals surface area contributed by atoms with Gasteiger partial charge in [-0.1, -0.05) is 12.8 Å². The van der Waals surface area contributed by atoms with Gasteiger partial charge in [-0.15, -0.1) is 0 Å². The molecular weight excluding hydrogens is 318 g/mol. The molecule has 1 saturated carbocycles. The van der Waals surface area contributed by atoms with Gasteiger partial charge in [-0.2, -0.15) is 0 Å². The summed E-state index contributed by atoms with van der Waals surface area (Å²) >= 11 is 0. The molecule has 3 rings (SSSR count). The smallest absolute Gasteiger partial charge is 0.326 e. The lowest BCUT2D eigenvalue weighted by molar-refractivity contribution is 0.0315. The minimum Gasteiger partial charge on any atom is -0.389 e. The fraction of sp³-hybridized carbons (Fsp3) is 0.579. The van der Waals surface area contributed by atoms with E-state index < -0.39 is 5.60 Å². The summed E-state index contributed by atoms with van der Waals surface area (Å²) in [6.07, 6.45) is 4.37. The van der Waals surface area contributed by atoms with Crippen molar-refractivity contribution in [3.63, 3.8) is 0 Å². The first-order valence-corrected chi connectivity index (χ1v) is 9.06. The first kappa shape index (κ1) is 17.7. The second kappa shape index (κ2) is 6.67. The molecule has 2 N–H and O–H groups in total. The molecule has 25 heavy (non-hydrogen) atoms. The Hall–Kier alpha value is -2.08. The van der Waals surface area contributed by atoms with Gasteiger partial charge in [0.15, 0.2) is 0 Å². The number of benzene rings is 1. The molecule has 1 heterocycles. The van der Waals surface area contributed by atoms with Crippen LogP contribution in [-0.2, 0) is 0 Å². The number of nitrogens with one attached hydrogen (secondary N) is 1. The monoisotopic (exact) mass is 345 g/mol. The largest absolute Gasteiger partial charge is 0.389 e. The Morgan fingerprint density at radius 3 is 2.64 bits per heavy atom. The second-order valence-electron chi connectivity index (χ2n) is 7.60. The highest BCUT2D eigenvalue weighted by molar-refractivity contribution is 5.97. The maximum Gasteiger partial charge on any atom is 0.326 e. The van der Waals surface area contributed by atoms with Gasteiger partial charge < -0.3 is 15.0 Å². The van der Waals surface area contributed by atoms with Crippen molar-refractivity contribution in [3.05, 3.63) is 34.2 Å². The molecule has 0 atom stereocenters. The Morgan fingerprint density at radius 2 is 2.04 bits per heavy atom. The zero-order valence-corrected chi connectivity index (χ0v) is 15.2. The minimum atomic E-state index is -0.949. The highest BCUT2D eigenvalue weighted by Crippen LogP contribution is 2.30. The first-order valence-electron chi connectivity index (χ1n) is 9.06. The molecule has 1 fully saturated rings. The normalized spacial score (nSPS) is 15.8. The topological polar surface area (TPSA) is 78.3 Å². The molecule has 0 saturated heterocycles. The van der Waals surface area contributed by atoms with Crippen LogP contribution in [0.15, 0.2) is 23.0 Å². The van der Waals surface area contributed by atoms with Gasteiger partial charge in [0.05, 0.1) is 16.6 Å². The van der Waals surface area contributed by atoms with Gasteiger partial charge >= 0.3 is 5.69 Å². The molecule has 1 amide bonds. The highest BCUT2D eigenvalue weighted by Gasteiger charge is 2.24. The SMILES string of the molecule is CCN(CC(C)(C)O)C(=O)c1ccc2c(c1)[nH]c(=O)n2C1CCCC1. The maximum atomic E-state index is 12.8.